The van der Waals surface area contributed by atoms with Crippen LogP contribution in [-0.4, -0.2) is 21.1 Å². The van der Waals surface area contributed by atoms with Crippen molar-refractivity contribution < 1.29 is 22.7 Å². The number of sulfonamides is 1. The maximum Gasteiger partial charge on any atom is 0.271 e. The van der Waals surface area contributed by atoms with Crippen LogP contribution in [0.2, 0.25) is 5.02 Å². The quantitative estimate of drug-likeness (QED) is 0.821. The van der Waals surface area contributed by atoms with Gasteiger partial charge in [-0.1, -0.05) is 11.6 Å². The van der Waals surface area contributed by atoms with E-state index in [1.807, 2.05) is 0 Å². The number of fused-ring (bicyclic) bond motifs is 1. The summed E-state index contributed by atoms with van der Waals surface area (Å²) in [7, 11) is -3.80. The molecule has 128 valence electrons. The molecule has 0 aliphatic carbocycles. The summed E-state index contributed by atoms with van der Waals surface area (Å²) in [5.41, 5.74) is 0.206. The Labute approximate surface area is 147 Å². The number of carbonyl (C=O) groups excluding carboxylic acids is 1. The first kappa shape index (κ1) is 16.9. The minimum atomic E-state index is -3.80. The van der Waals surface area contributed by atoms with Crippen molar-refractivity contribution in [3.63, 3.8) is 0 Å². The first-order valence-corrected chi connectivity index (χ1v) is 9.48. The normalized spacial score (nSPS) is 12.9. The molecular formula is C14H13ClN2O5S2. The van der Waals surface area contributed by atoms with Gasteiger partial charge in [0.15, 0.2) is 11.5 Å². The summed E-state index contributed by atoms with van der Waals surface area (Å²) in [6.45, 7) is 1.74. The highest BCUT2D eigenvalue weighted by Crippen LogP contribution is 2.40. The van der Waals surface area contributed by atoms with Crippen LogP contribution in [0.25, 0.3) is 0 Å². The molecule has 1 aromatic carbocycles. The lowest BCUT2D eigenvalue weighted by Gasteiger charge is -2.09. The minimum absolute atomic E-state index is 0.0687. The summed E-state index contributed by atoms with van der Waals surface area (Å²) >= 11 is 7.15. The van der Waals surface area contributed by atoms with Gasteiger partial charge in [-0.05, 0) is 12.1 Å². The van der Waals surface area contributed by atoms with E-state index < -0.39 is 10.0 Å². The lowest BCUT2D eigenvalue weighted by Crippen LogP contribution is -2.18. The Hall–Kier alpha value is -1.97. The van der Waals surface area contributed by atoms with Crippen LogP contribution < -0.4 is 19.5 Å². The van der Waals surface area contributed by atoms with Gasteiger partial charge in [0.2, 0.25) is 12.7 Å². The molecule has 7 nitrogen and oxygen atoms in total. The van der Waals surface area contributed by atoms with Crippen LogP contribution in [0.1, 0.15) is 11.8 Å². The number of hydrogen-bond acceptors (Lipinski definition) is 6. The van der Waals surface area contributed by atoms with Crippen molar-refractivity contribution in [1.29, 1.82) is 0 Å². The number of halogens is 1. The molecule has 1 aromatic heterocycles. The van der Waals surface area contributed by atoms with Crippen LogP contribution in [0.5, 0.6) is 11.5 Å². The van der Waals surface area contributed by atoms with Crippen molar-refractivity contribution in [3.8, 4) is 11.5 Å². The number of amides is 1. The number of anilines is 1. The summed E-state index contributed by atoms with van der Waals surface area (Å²) in [5, 5.41) is 2.82. The summed E-state index contributed by atoms with van der Waals surface area (Å²) in [6.07, 6.45) is 0. The first-order valence-electron chi connectivity index (χ1n) is 6.80. The maximum atomic E-state index is 12.5. The van der Waals surface area contributed by atoms with Crippen molar-refractivity contribution in [3.05, 3.63) is 34.2 Å². The van der Waals surface area contributed by atoms with Gasteiger partial charge in [0, 0.05) is 23.9 Å². The van der Waals surface area contributed by atoms with E-state index in [9.17, 15) is 13.2 Å². The molecule has 3 rings (SSSR count). The van der Waals surface area contributed by atoms with Gasteiger partial charge in [-0.3, -0.25) is 9.52 Å². The van der Waals surface area contributed by atoms with Gasteiger partial charge in [0.25, 0.3) is 10.0 Å². The first-order chi connectivity index (χ1) is 11.3. The molecule has 2 N–H and O–H groups in total. The fourth-order valence-corrected chi connectivity index (χ4v) is 4.62. The van der Waals surface area contributed by atoms with Gasteiger partial charge in [-0.2, -0.15) is 0 Å². The Morgan fingerprint density at radius 3 is 2.71 bits per heavy atom. The van der Waals surface area contributed by atoms with Crippen molar-refractivity contribution in [2.75, 3.05) is 11.5 Å². The molecule has 2 aromatic rings. The smallest absolute Gasteiger partial charge is 0.271 e. The molecule has 0 radical (unpaired) electrons. The van der Waals surface area contributed by atoms with E-state index in [1.165, 1.54) is 25.1 Å². The molecule has 1 aliphatic heterocycles. The molecule has 0 fully saturated rings. The second-order valence-electron chi connectivity index (χ2n) is 4.92. The number of benzene rings is 1. The highest BCUT2D eigenvalue weighted by molar-refractivity contribution is 7.94. The average molecular weight is 389 g/mol. The second-order valence-corrected chi connectivity index (χ2v) is 8.41. The van der Waals surface area contributed by atoms with Crippen LogP contribution >= 0.6 is 22.9 Å². The van der Waals surface area contributed by atoms with Gasteiger partial charge < -0.3 is 14.8 Å². The second kappa shape index (κ2) is 6.50. The van der Waals surface area contributed by atoms with Crippen LogP contribution in [-0.2, 0) is 21.4 Å². The van der Waals surface area contributed by atoms with Crippen LogP contribution in [0.3, 0.4) is 0 Å². The Bertz CT molecular complexity index is 895. The zero-order chi connectivity index (χ0) is 17.3. The molecule has 0 atom stereocenters. The highest BCUT2D eigenvalue weighted by atomic mass is 35.5. The summed E-state index contributed by atoms with van der Waals surface area (Å²) < 4.78 is 37.9. The third-order valence-corrected chi connectivity index (χ3v) is 6.38. The molecule has 0 spiro atoms. The molecule has 24 heavy (non-hydrogen) atoms. The van der Waals surface area contributed by atoms with E-state index in [-0.39, 0.29) is 34.2 Å². The molecule has 2 heterocycles. The predicted molar refractivity (Wildman–Crippen MR) is 90.2 cm³/mol. The largest absolute Gasteiger partial charge is 0.454 e. The topological polar surface area (TPSA) is 93.7 Å². The van der Waals surface area contributed by atoms with Crippen LogP contribution in [0, 0.1) is 0 Å². The lowest BCUT2D eigenvalue weighted by molar-refractivity contribution is -0.119. The standard InChI is InChI=1S/C14H13ClN2O5S2/c1-8(18)16-6-9-2-3-14(23-9)24(19,20)17-11-5-13-12(4-10(11)15)21-7-22-13/h2-5,17H,6-7H2,1H3,(H,16,18). The zero-order valence-electron chi connectivity index (χ0n) is 12.5. The Balaban J connectivity index is 1.80. The number of thiophene rings is 1. The van der Waals surface area contributed by atoms with Crippen LogP contribution in [0.4, 0.5) is 5.69 Å². The Kier molecular flexibility index (Phi) is 4.57. The Morgan fingerprint density at radius 1 is 1.29 bits per heavy atom. The van der Waals surface area contributed by atoms with Gasteiger partial charge in [-0.15, -0.1) is 11.3 Å². The number of hydrogen-bond donors (Lipinski definition) is 2. The third kappa shape index (κ3) is 3.58. The van der Waals surface area contributed by atoms with E-state index in [0.717, 1.165) is 16.2 Å². The molecule has 0 bridgehead atoms. The van der Waals surface area contributed by atoms with Gasteiger partial charge >= 0.3 is 0 Å². The summed E-state index contributed by atoms with van der Waals surface area (Å²) in [4.78, 5) is 11.6. The zero-order valence-corrected chi connectivity index (χ0v) is 14.8. The fourth-order valence-electron chi connectivity index (χ4n) is 2.00. The highest BCUT2D eigenvalue weighted by Gasteiger charge is 2.22. The molecule has 0 saturated heterocycles. The predicted octanol–water partition coefficient (Wildman–Crippen LogP) is 2.57. The van der Waals surface area contributed by atoms with Gasteiger partial charge in [0.1, 0.15) is 4.21 Å². The monoisotopic (exact) mass is 388 g/mol. The van der Waals surface area contributed by atoms with Crippen molar-refractivity contribution >= 4 is 44.6 Å². The summed E-state index contributed by atoms with van der Waals surface area (Å²) in [6, 6.07) is 6.11. The van der Waals surface area contributed by atoms with E-state index in [4.69, 9.17) is 21.1 Å². The van der Waals surface area contributed by atoms with E-state index in [2.05, 4.69) is 10.0 Å². The Morgan fingerprint density at radius 2 is 2.00 bits per heavy atom. The van der Waals surface area contributed by atoms with Crippen LogP contribution in [0.15, 0.2) is 28.5 Å². The van der Waals surface area contributed by atoms with Crippen molar-refractivity contribution in [1.82, 2.24) is 5.32 Å². The molecule has 1 amide bonds. The SMILES string of the molecule is CC(=O)NCc1ccc(S(=O)(=O)Nc2cc3c(cc2Cl)OCO3)s1. The molecule has 0 saturated carbocycles. The van der Waals surface area contributed by atoms with Gasteiger partial charge in [0.05, 0.1) is 17.3 Å². The fraction of sp³-hybridized carbons (Fsp3) is 0.214. The van der Waals surface area contributed by atoms with Crippen molar-refractivity contribution in [2.24, 2.45) is 0 Å². The summed E-state index contributed by atoms with van der Waals surface area (Å²) in [5.74, 6) is 0.712. The molecule has 0 unspecified atom stereocenters. The lowest BCUT2D eigenvalue weighted by atomic mass is 10.3. The molecule has 1 aliphatic rings. The molecular weight excluding hydrogens is 376 g/mol. The molecule has 10 heteroatoms. The van der Waals surface area contributed by atoms with E-state index in [0.29, 0.717) is 11.5 Å². The third-order valence-electron chi connectivity index (χ3n) is 3.12. The number of rotatable bonds is 5. The van der Waals surface area contributed by atoms with E-state index >= 15 is 0 Å². The minimum Gasteiger partial charge on any atom is -0.454 e. The maximum absolute atomic E-state index is 12.5. The van der Waals surface area contributed by atoms with E-state index in [1.54, 1.807) is 6.07 Å². The number of ether oxygens (including phenoxy) is 2. The number of carbonyl (C=O) groups is 1. The average Bonchev–Trinajstić information content (AvgIpc) is 3.14. The van der Waals surface area contributed by atoms with Crippen molar-refractivity contribution in [2.45, 2.75) is 17.7 Å². The van der Waals surface area contributed by atoms with Gasteiger partial charge in [-0.25, -0.2) is 8.42 Å². The number of nitrogens with one attached hydrogen (secondary N) is 2.